The molecule has 0 saturated carbocycles. The standard InChI is InChI=1S/C12H27N3O2S2/c1-11(6-9-18-3)14-19(16,17)15-7-4-12(5-8-15)10-13-2/h11-14H,4-10H2,1-3H3. The van der Waals surface area contributed by atoms with Gasteiger partial charge in [-0.15, -0.1) is 0 Å². The minimum absolute atomic E-state index is 0.00693. The molecule has 1 aliphatic rings. The quantitative estimate of drug-likeness (QED) is 0.699. The van der Waals surface area contributed by atoms with Gasteiger partial charge in [-0.25, -0.2) is 0 Å². The second-order valence-corrected chi connectivity index (χ2v) is 7.89. The highest BCUT2D eigenvalue weighted by Gasteiger charge is 2.28. The first-order valence-corrected chi connectivity index (χ1v) is 9.74. The monoisotopic (exact) mass is 309 g/mol. The zero-order chi connectivity index (χ0) is 14.3. The zero-order valence-electron chi connectivity index (χ0n) is 12.2. The van der Waals surface area contributed by atoms with Gasteiger partial charge >= 0.3 is 0 Å². The third-order valence-corrected chi connectivity index (χ3v) is 5.90. The Morgan fingerprint density at radius 3 is 2.53 bits per heavy atom. The minimum atomic E-state index is -3.30. The molecule has 0 spiro atoms. The van der Waals surface area contributed by atoms with Gasteiger partial charge in [0.05, 0.1) is 0 Å². The van der Waals surface area contributed by atoms with Crippen molar-refractivity contribution in [2.24, 2.45) is 5.92 Å². The number of hydrogen-bond acceptors (Lipinski definition) is 4. The fourth-order valence-corrected chi connectivity index (χ4v) is 4.38. The molecule has 0 bridgehead atoms. The maximum Gasteiger partial charge on any atom is 0.279 e. The van der Waals surface area contributed by atoms with Gasteiger partial charge < -0.3 is 5.32 Å². The first-order chi connectivity index (χ1) is 8.99. The average molecular weight is 310 g/mol. The summed E-state index contributed by atoms with van der Waals surface area (Å²) in [6, 6.07) is 0.00693. The van der Waals surface area contributed by atoms with Crippen molar-refractivity contribution < 1.29 is 8.42 Å². The average Bonchev–Trinajstić information content (AvgIpc) is 2.37. The number of nitrogens with zero attached hydrogens (tertiary/aromatic N) is 1. The Morgan fingerprint density at radius 1 is 1.37 bits per heavy atom. The molecule has 1 fully saturated rings. The number of rotatable bonds is 8. The van der Waals surface area contributed by atoms with Crippen molar-refractivity contribution in [3.05, 3.63) is 0 Å². The van der Waals surface area contributed by atoms with Crippen molar-refractivity contribution in [2.75, 3.05) is 38.7 Å². The van der Waals surface area contributed by atoms with Gasteiger partial charge in [-0.3, -0.25) is 0 Å². The number of piperidine rings is 1. The minimum Gasteiger partial charge on any atom is -0.319 e. The van der Waals surface area contributed by atoms with E-state index in [9.17, 15) is 8.42 Å². The van der Waals surface area contributed by atoms with Gasteiger partial charge in [-0.05, 0) is 57.7 Å². The molecule has 0 amide bonds. The van der Waals surface area contributed by atoms with Crippen LogP contribution < -0.4 is 10.0 Å². The molecule has 1 atom stereocenters. The second kappa shape index (κ2) is 8.46. The third-order valence-electron chi connectivity index (χ3n) is 3.51. The van der Waals surface area contributed by atoms with Crippen molar-refractivity contribution in [3.63, 3.8) is 0 Å². The number of hydrogen-bond donors (Lipinski definition) is 2. The largest absolute Gasteiger partial charge is 0.319 e. The molecule has 0 aromatic rings. The van der Waals surface area contributed by atoms with Crippen LogP contribution in [0.15, 0.2) is 0 Å². The van der Waals surface area contributed by atoms with E-state index in [1.54, 1.807) is 16.1 Å². The molecular formula is C12H27N3O2S2. The molecule has 5 nitrogen and oxygen atoms in total. The van der Waals surface area contributed by atoms with Gasteiger partial charge in [-0.1, -0.05) is 0 Å². The molecule has 0 aliphatic carbocycles. The molecule has 1 aliphatic heterocycles. The van der Waals surface area contributed by atoms with Gasteiger partial charge in [0.15, 0.2) is 0 Å². The maximum atomic E-state index is 12.2. The van der Waals surface area contributed by atoms with Crippen LogP contribution in [0.5, 0.6) is 0 Å². The van der Waals surface area contributed by atoms with Gasteiger partial charge in [0.25, 0.3) is 10.2 Å². The van der Waals surface area contributed by atoms with Crippen molar-refractivity contribution in [1.82, 2.24) is 14.3 Å². The summed E-state index contributed by atoms with van der Waals surface area (Å²) in [4.78, 5) is 0. The third kappa shape index (κ3) is 5.99. The molecule has 0 aromatic carbocycles. The predicted octanol–water partition coefficient (Wildman–Crippen LogP) is 0.894. The van der Waals surface area contributed by atoms with Crippen molar-refractivity contribution >= 4 is 22.0 Å². The lowest BCUT2D eigenvalue weighted by atomic mass is 9.98. The van der Waals surface area contributed by atoms with E-state index in [-0.39, 0.29) is 6.04 Å². The lowest BCUT2D eigenvalue weighted by Crippen LogP contribution is -2.48. The van der Waals surface area contributed by atoms with Crippen LogP contribution >= 0.6 is 11.8 Å². The normalized spacial score (nSPS) is 20.6. The Morgan fingerprint density at radius 2 is 2.00 bits per heavy atom. The van der Waals surface area contributed by atoms with Gasteiger partial charge in [0.2, 0.25) is 0 Å². The van der Waals surface area contributed by atoms with E-state index in [0.717, 1.165) is 31.6 Å². The molecule has 1 heterocycles. The van der Waals surface area contributed by atoms with Crippen molar-refractivity contribution in [3.8, 4) is 0 Å². The summed E-state index contributed by atoms with van der Waals surface area (Å²) in [5, 5.41) is 3.16. The smallest absolute Gasteiger partial charge is 0.279 e. The first kappa shape index (κ1) is 17.2. The van der Waals surface area contributed by atoms with E-state index >= 15 is 0 Å². The molecule has 2 N–H and O–H groups in total. The summed E-state index contributed by atoms with van der Waals surface area (Å²) in [6.45, 7) is 4.18. The molecule has 1 unspecified atom stereocenters. The van der Waals surface area contributed by atoms with Gasteiger partial charge in [0, 0.05) is 19.1 Å². The van der Waals surface area contributed by atoms with E-state index in [4.69, 9.17) is 0 Å². The maximum absolute atomic E-state index is 12.2. The van der Waals surface area contributed by atoms with Crippen molar-refractivity contribution in [1.29, 1.82) is 0 Å². The summed E-state index contributed by atoms with van der Waals surface area (Å²) in [5.74, 6) is 1.58. The zero-order valence-corrected chi connectivity index (χ0v) is 13.8. The molecule has 114 valence electrons. The Balaban J connectivity index is 2.41. The Bertz CT molecular complexity index is 341. The highest BCUT2D eigenvalue weighted by molar-refractivity contribution is 7.98. The Hall–Kier alpha value is 0.180. The molecule has 0 aromatic heterocycles. The van der Waals surface area contributed by atoms with Crippen LogP contribution in [0.3, 0.4) is 0 Å². The highest BCUT2D eigenvalue weighted by atomic mass is 32.2. The van der Waals surface area contributed by atoms with Crippen LogP contribution in [-0.2, 0) is 10.2 Å². The molecular weight excluding hydrogens is 282 g/mol. The lowest BCUT2D eigenvalue weighted by Gasteiger charge is -2.32. The van der Waals surface area contributed by atoms with E-state index < -0.39 is 10.2 Å². The topological polar surface area (TPSA) is 61.4 Å². The van der Waals surface area contributed by atoms with E-state index in [0.29, 0.717) is 19.0 Å². The lowest BCUT2D eigenvalue weighted by molar-refractivity contribution is 0.267. The van der Waals surface area contributed by atoms with Crippen molar-refractivity contribution in [2.45, 2.75) is 32.2 Å². The van der Waals surface area contributed by atoms with Crippen LogP contribution in [0, 0.1) is 5.92 Å². The summed E-state index contributed by atoms with van der Waals surface area (Å²) < 4.78 is 28.8. The first-order valence-electron chi connectivity index (χ1n) is 6.90. The highest BCUT2D eigenvalue weighted by Crippen LogP contribution is 2.18. The summed E-state index contributed by atoms with van der Waals surface area (Å²) in [6.07, 6.45) is 4.80. The van der Waals surface area contributed by atoms with E-state index in [1.807, 2.05) is 20.2 Å². The fourth-order valence-electron chi connectivity index (χ4n) is 2.32. The summed E-state index contributed by atoms with van der Waals surface area (Å²) >= 11 is 1.74. The molecule has 19 heavy (non-hydrogen) atoms. The molecule has 1 rings (SSSR count). The number of nitrogens with one attached hydrogen (secondary N) is 2. The SMILES string of the molecule is CNCC1CCN(S(=O)(=O)NC(C)CCSC)CC1. The van der Waals surface area contributed by atoms with Crippen LogP contribution in [0.2, 0.25) is 0 Å². The molecule has 7 heteroatoms. The van der Waals surface area contributed by atoms with Crippen LogP contribution in [0.1, 0.15) is 26.2 Å². The fraction of sp³-hybridized carbons (Fsp3) is 1.00. The second-order valence-electron chi connectivity index (χ2n) is 5.21. The van der Waals surface area contributed by atoms with Crippen LogP contribution in [0.25, 0.3) is 0 Å². The van der Waals surface area contributed by atoms with Gasteiger partial charge in [0.1, 0.15) is 0 Å². The number of thioether (sulfide) groups is 1. The molecule has 0 radical (unpaired) electrons. The summed E-state index contributed by atoms with van der Waals surface area (Å²) in [7, 11) is -1.36. The molecule has 1 saturated heterocycles. The van der Waals surface area contributed by atoms with Crippen LogP contribution in [0.4, 0.5) is 0 Å². The van der Waals surface area contributed by atoms with Gasteiger partial charge in [-0.2, -0.15) is 29.2 Å². The predicted molar refractivity (Wildman–Crippen MR) is 82.7 cm³/mol. The van der Waals surface area contributed by atoms with E-state index in [1.165, 1.54) is 0 Å². The summed E-state index contributed by atoms with van der Waals surface area (Å²) in [5.41, 5.74) is 0. The van der Waals surface area contributed by atoms with Crippen LogP contribution in [-0.4, -0.2) is 57.5 Å². The van der Waals surface area contributed by atoms with E-state index in [2.05, 4.69) is 10.0 Å². The Kier molecular flexibility index (Phi) is 7.68. The Labute approximate surface area is 122 Å².